The van der Waals surface area contributed by atoms with Crippen LogP contribution in [-0.4, -0.2) is 12.3 Å². The maximum atomic E-state index is 11.8. The van der Waals surface area contributed by atoms with E-state index in [4.69, 9.17) is 15.8 Å². The first-order valence-corrected chi connectivity index (χ1v) is 7.81. The zero-order valence-corrected chi connectivity index (χ0v) is 11.2. The van der Waals surface area contributed by atoms with Gasteiger partial charge in [-0.05, 0) is 23.2 Å². The first-order valence-electron chi connectivity index (χ1n) is 5.28. The first kappa shape index (κ1) is 14.4. The molecule has 0 aliphatic rings. The summed E-state index contributed by atoms with van der Waals surface area (Å²) in [6, 6.07) is 8.72. The van der Waals surface area contributed by atoms with Gasteiger partial charge in [0, 0.05) is 0 Å². The highest BCUT2D eigenvalue weighted by Gasteiger charge is 2.23. The Morgan fingerprint density at radius 2 is 2.12 bits per heavy atom. The fourth-order valence-electron chi connectivity index (χ4n) is 1.19. The van der Waals surface area contributed by atoms with Crippen LogP contribution in [0.4, 0.5) is 0 Å². The summed E-state index contributed by atoms with van der Waals surface area (Å²) in [5.74, 6) is 0. The average molecular weight is 276 g/mol. The summed E-state index contributed by atoms with van der Waals surface area (Å²) in [6.07, 6.45) is 1.18. The van der Waals surface area contributed by atoms with E-state index < -0.39 is 12.9 Å². The van der Waals surface area contributed by atoms with E-state index in [1.54, 1.807) is 6.92 Å². The van der Waals surface area contributed by atoms with Crippen molar-refractivity contribution in [2.24, 2.45) is 0 Å². The molecule has 94 valence electrons. The van der Waals surface area contributed by atoms with Gasteiger partial charge in [0.1, 0.15) is 6.29 Å². The van der Waals surface area contributed by atoms with E-state index in [0.717, 1.165) is 5.56 Å². The van der Waals surface area contributed by atoms with Crippen LogP contribution in [0.5, 0.6) is 0 Å². The Morgan fingerprint density at radius 3 is 2.65 bits per heavy atom. The van der Waals surface area contributed by atoms with Crippen molar-refractivity contribution in [3.63, 3.8) is 0 Å². The molecule has 0 aliphatic carbocycles. The molecule has 4 nitrogen and oxygen atoms in total. The molecule has 0 radical (unpaired) electrons. The summed E-state index contributed by atoms with van der Waals surface area (Å²) in [5.41, 5.74) is 0.870. The smallest absolute Gasteiger partial charge is 0.302 e. The second-order valence-electron chi connectivity index (χ2n) is 3.52. The standard InChI is InChI=1S/C11H15ClNO3P/c1-2-11(8-14)13-17(12,15)16-9-10-6-4-3-5-7-10/h3-8,11H,2,9H2,1H3,(H,13,15)/t11-,17?/m1/s1. The molecule has 0 fully saturated rings. The third kappa shape index (κ3) is 5.46. The fraction of sp³-hybridized carbons (Fsp3) is 0.364. The zero-order chi connectivity index (χ0) is 12.7. The van der Waals surface area contributed by atoms with Crippen molar-refractivity contribution in [1.82, 2.24) is 5.09 Å². The Morgan fingerprint density at radius 1 is 1.47 bits per heavy atom. The van der Waals surface area contributed by atoms with Crippen LogP contribution in [0.3, 0.4) is 0 Å². The minimum Gasteiger partial charge on any atom is -0.302 e. The first-order chi connectivity index (χ1) is 8.07. The van der Waals surface area contributed by atoms with E-state index in [-0.39, 0.29) is 6.61 Å². The molecule has 1 N–H and O–H groups in total. The van der Waals surface area contributed by atoms with Gasteiger partial charge in [-0.25, -0.2) is 5.09 Å². The molecule has 0 amide bonds. The van der Waals surface area contributed by atoms with Crippen molar-refractivity contribution < 1.29 is 13.9 Å². The predicted octanol–water partition coefficient (Wildman–Crippen LogP) is 3.12. The van der Waals surface area contributed by atoms with Crippen molar-refractivity contribution >= 4 is 24.4 Å². The highest BCUT2D eigenvalue weighted by atomic mass is 35.7. The molecular weight excluding hydrogens is 261 g/mol. The van der Waals surface area contributed by atoms with Gasteiger partial charge in [0.05, 0.1) is 12.6 Å². The Balaban J connectivity index is 2.50. The zero-order valence-electron chi connectivity index (χ0n) is 9.51. The number of nitrogens with one attached hydrogen (secondary N) is 1. The van der Waals surface area contributed by atoms with Crippen molar-refractivity contribution in [2.45, 2.75) is 26.0 Å². The minimum absolute atomic E-state index is 0.143. The monoisotopic (exact) mass is 275 g/mol. The lowest BCUT2D eigenvalue weighted by Gasteiger charge is -2.16. The molecule has 2 atom stereocenters. The Bertz CT molecular complexity index is 399. The van der Waals surface area contributed by atoms with E-state index in [1.807, 2.05) is 30.3 Å². The summed E-state index contributed by atoms with van der Waals surface area (Å²) in [5, 5.41) is 2.49. The molecule has 1 aromatic rings. The molecule has 0 bridgehead atoms. The molecule has 1 aromatic carbocycles. The molecule has 0 aliphatic heterocycles. The van der Waals surface area contributed by atoms with E-state index in [1.165, 1.54) is 0 Å². The van der Waals surface area contributed by atoms with Gasteiger partial charge < -0.3 is 9.32 Å². The SMILES string of the molecule is CC[C@H](C=O)NP(=O)(Cl)OCc1ccccc1. The number of halogens is 1. The van der Waals surface area contributed by atoms with Gasteiger partial charge in [-0.2, -0.15) is 0 Å². The number of carbonyl (C=O) groups is 1. The van der Waals surface area contributed by atoms with Crippen LogP contribution in [0.2, 0.25) is 0 Å². The van der Waals surface area contributed by atoms with Crippen molar-refractivity contribution in [1.29, 1.82) is 0 Å². The molecule has 0 aromatic heterocycles. The third-order valence-corrected chi connectivity index (χ3v) is 3.85. The summed E-state index contributed by atoms with van der Waals surface area (Å²) in [6.45, 7) is -1.52. The number of hydrogen-bond acceptors (Lipinski definition) is 3. The van der Waals surface area contributed by atoms with Crippen LogP contribution >= 0.6 is 18.1 Å². The van der Waals surface area contributed by atoms with Crippen LogP contribution in [0.15, 0.2) is 30.3 Å². The lowest BCUT2D eigenvalue weighted by atomic mass is 10.2. The predicted molar refractivity (Wildman–Crippen MR) is 68.0 cm³/mol. The molecule has 17 heavy (non-hydrogen) atoms. The van der Waals surface area contributed by atoms with Gasteiger partial charge in [-0.15, -0.1) is 0 Å². The van der Waals surface area contributed by atoms with Gasteiger partial charge in [0.2, 0.25) is 0 Å². The van der Waals surface area contributed by atoms with E-state index in [2.05, 4.69) is 5.09 Å². The maximum absolute atomic E-state index is 11.8. The number of benzene rings is 1. The topological polar surface area (TPSA) is 55.4 Å². The van der Waals surface area contributed by atoms with Crippen molar-refractivity contribution in [3.05, 3.63) is 35.9 Å². The molecular formula is C11H15ClNO3P. The normalized spacial score (nSPS) is 16.1. The van der Waals surface area contributed by atoms with Crippen LogP contribution in [0, 0.1) is 0 Å². The van der Waals surface area contributed by atoms with Gasteiger partial charge in [-0.3, -0.25) is 4.57 Å². The molecule has 1 rings (SSSR count). The summed E-state index contributed by atoms with van der Waals surface area (Å²) < 4.78 is 16.9. The Labute approximate surface area is 106 Å². The van der Waals surface area contributed by atoms with E-state index in [9.17, 15) is 9.36 Å². The highest BCUT2D eigenvalue weighted by molar-refractivity contribution is 7.83. The summed E-state index contributed by atoms with van der Waals surface area (Å²) in [7, 11) is 0. The molecule has 1 unspecified atom stereocenters. The summed E-state index contributed by atoms with van der Waals surface area (Å²) in [4.78, 5) is 10.6. The fourth-order valence-corrected chi connectivity index (χ4v) is 2.74. The Kier molecular flexibility index (Phi) is 5.86. The number of aldehydes is 1. The van der Waals surface area contributed by atoms with Gasteiger partial charge >= 0.3 is 6.87 Å². The maximum Gasteiger partial charge on any atom is 0.361 e. The molecule has 0 heterocycles. The summed E-state index contributed by atoms with van der Waals surface area (Å²) >= 11 is 5.70. The van der Waals surface area contributed by atoms with Crippen molar-refractivity contribution in [2.75, 3.05) is 0 Å². The van der Waals surface area contributed by atoms with Crippen LogP contribution < -0.4 is 5.09 Å². The van der Waals surface area contributed by atoms with Crippen LogP contribution in [-0.2, 0) is 20.5 Å². The minimum atomic E-state index is -3.46. The highest BCUT2D eigenvalue weighted by Crippen LogP contribution is 2.49. The third-order valence-electron chi connectivity index (χ3n) is 2.16. The number of rotatable bonds is 7. The lowest BCUT2D eigenvalue weighted by Crippen LogP contribution is -2.26. The number of carbonyl (C=O) groups excluding carboxylic acids is 1. The average Bonchev–Trinajstić information content (AvgIpc) is 2.35. The van der Waals surface area contributed by atoms with Gasteiger partial charge in [0.25, 0.3) is 0 Å². The second-order valence-corrected chi connectivity index (χ2v) is 6.33. The van der Waals surface area contributed by atoms with Gasteiger partial charge in [-0.1, -0.05) is 37.3 Å². The van der Waals surface area contributed by atoms with Crippen LogP contribution in [0.1, 0.15) is 18.9 Å². The Hall–Kier alpha value is -0.670. The van der Waals surface area contributed by atoms with Crippen molar-refractivity contribution in [3.8, 4) is 0 Å². The molecule has 0 saturated heterocycles. The molecule has 0 spiro atoms. The van der Waals surface area contributed by atoms with E-state index in [0.29, 0.717) is 12.7 Å². The number of hydrogen-bond donors (Lipinski definition) is 1. The van der Waals surface area contributed by atoms with E-state index >= 15 is 0 Å². The lowest BCUT2D eigenvalue weighted by molar-refractivity contribution is -0.109. The van der Waals surface area contributed by atoms with Gasteiger partial charge in [0.15, 0.2) is 0 Å². The van der Waals surface area contributed by atoms with Crippen LogP contribution in [0.25, 0.3) is 0 Å². The quantitative estimate of drug-likeness (QED) is 0.614. The second kappa shape index (κ2) is 6.92. The largest absolute Gasteiger partial charge is 0.361 e. The molecule has 0 saturated carbocycles. The molecule has 6 heteroatoms.